The van der Waals surface area contributed by atoms with Gasteiger partial charge >= 0.3 is 29.8 Å². The van der Waals surface area contributed by atoms with Crippen LogP contribution in [0, 0.1) is 22.0 Å². The van der Waals surface area contributed by atoms with Gasteiger partial charge in [0, 0.05) is 85.7 Å². The molecule has 2 aliphatic carbocycles. The van der Waals surface area contributed by atoms with Crippen LogP contribution in [0.5, 0.6) is 0 Å². The number of nitrogens with zero attached hydrogens (tertiary/aromatic N) is 5. The number of carboxylic acids is 1. The predicted molar refractivity (Wildman–Crippen MR) is 453 cm³/mol. The summed E-state index contributed by atoms with van der Waals surface area (Å²) in [7, 11) is -2.34. The second-order valence-electron chi connectivity index (χ2n) is 29.8. The Balaban J connectivity index is 0.000000207. The van der Waals surface area contributed by atoms with Gasteiger partial charge in [-0.15, -0.1) is 0 Å². The van der Waals surface area contributed by atoms with Crippen molar-refractivity contribution in [2.75, 3.05) is 93.5 Å². The van der Waals surface area contributed by atoms with Gasteiger partial charge < -0.3 is 49.8 Å². The molecule has 4 fully saturated rings. The molecule has 0 unspecified atom stereocenters. The van der Waals surface area contributed by atoms with Gasteiger partial charge in [-0.2, -0.15) is 8.61 Å². The number of benzene rings is 8. The fraction of sp³-hybridized carbons (Fsp3) is 0.378. The Morgan fingerprint density at radius 3 is 1.18 bits per heavy atom. The minimum absolute atomic E-state index is 0.00424. The van der Waals surface area contributed by atoms with E-state index in [2.05, 4.69) is 25.8 Å². The largest absolute Gasteiger partial charge is 0.478 e. The summed E-state index contributed by atoms with van der Waals surface area (Å²) in [4.78, 5) is 114. The summed E-state index contributed by atoms with van der Waals surface area (Å²) in [5.74, 6) is -4.29. The number of esters is 4. The zero-order chi connectivity index (χ0) is 85.3. The highest BCUT2D eigenvalue weighted by atomic mass is 32.2. The van der Waals surface area contributed by atoms with Crippen LogP contribution < -0.4 is 25.8 Å². The smallest absolute Gasteiger partial charge is 0.337 e. The van der Waals surface area contributed by atoms with E-state index in [1.165, 1.54) is 85.9 Å². The van der Waals surface area contributed by atoms with Crippen molar-refractivity contribution in [1.82, 2.24) is 8.61 Å². The Labute approximate surface area is 695 Å². The van der Waals surface area contributed by atoms with Crippen molar-refractivity contribution in [2.45, 2.75) is 151 Å². The Bertz CT molecular complexity index is 5120. The van der Waals surface area contributed by atoms with Gasteiger partial charge in [0.15, 0.2) is 0 Å². The summed E-state index contributed by atoms with van der Waals surface area (Å²) in [5.41, 5.74) is 8.74. The summed E-state index contributed by atoms with van der Waals surface area (Å²) in [6, 6.07) is 50.7. The second kappa shape index (κ2) is 42.6. The highest BCUT2D eigenvalue weighted by Crippen LogP contribution is 2.36. The zero-order valence-corrected chi connectivity index (χ0v) is 69.6. The first kappa shape index (κ1) is 89.7. The maximum Gasteiger partial charge on any atom is 0.337 e. The van der Waals surface area contributed by atoms with Gasteiger partial charge in [-0.1, -0.05) is 74.5 Å². The third kappa shape index (κ3) is 23.8. The molecule has 119 heavy (non-hydrogen) atoms. The first-order valence-corrected chi connectivity index (χ1v) is 43.2. The van der Waals surface area contributed by atoms with E-state index in [4.69, 9.17) is 24.1 Å². The number of piperidine rings is 2. The maximum atomic E-state index is 14.0. The molecular weight excluding hydrogens is 1560 g/mol. The average molecular weight is 1670 g/mol. The molecule has 27 nitrogen and oxygen atoms in total. The Hall–Kier alpha value is -11.7. The van der Waals surface area contributed by atoms with Crippen molar-refractivity contribution in [1.29, 1.82) is 0 Å². The number of methoxy groups -OCH3 is 4. The van der Waals surface area contributed by atoms with Gasteiger partial charge in [-0.05, 0) is 253 Å². The number of carboxylic acid groups (broad SMARTS) is 1. The number of carbonyl (C=O) groups is 8. The number of anilines is 5. The summed E-state index contributed by atoms with van der Waals surface area (Å²) >= 11 is 0. The van der Waals surface area contributed by atoms with E-state index in [1.807, 2.05) is 66.7 Å². The molecule has 29 heteroatoms. The van der Waals surface area contributed by atoms with E-state index in [-0.39, 0.29) is 98.6 Å². The maximum absolute atomic E-state index is 14.0. The van der Waals surface area contributed by atoms with Gasteiger partial charge in [0.05, 0.1) is 82.9 Å². The van der Waals surface area contributed by atoms with Crippen LogP contribution in [0.15, 0.2) is 192 Å². The number of amides is 3. The van der Waals surface area contributed by atoms with E-state index >= 15 is 0 Å². The number of nitro groups is 1. The summed E-state index contributed by atoms with van der Waals surface area (Å²) in [5, 5.41) is 29.3. The normalized spacial score (nSPS) is 16.7. The molecule has 8 aromatic carbocycles. The highest BCUT2D eigenvalue weighted by Gasteiger charge is 2.38. The number of hydrogen-bond acceptors (Lipinski definition) is 20. The molecule has 2 heterocycles. The zero-order valence-electron chi connectivity index (χ0n) is 67.9. The monoisotopic (exact) mass is 1660 g/mol. The minimum atomic E-state index is -3.97. The standard InChI is InChI=1S/C45H52N4O8S.C28H29N3O5.C17H23NO6S/c1-4-49(37-23-19-34(20-24-37)45(53)57-3)58(54,55)39-10-8-9-35(29-39)42(50)47-41-26-25-38(48-27-6-5-7-28-48)30-40(41)43(51)46-36-21-15-32(16-22-36)12-11-31-13-17-33(18-14-31)44(52)56-2;1-36-28(33)22-11-7-20(8-12-22)5-6-21-9-13-23(14-10-21)29-27(32)25-19-24(15-16-26(25)31(34)35)30-17-3-2-4-18-30;1-3-18(14-9-7-12(8-10-14)17(21)24-2)25(22,23)15-6-4-5-13(11-15)16(19)20/h8-10,13-18,21-22,25-26,29-30,34,37H,4-7,11-12,19-20,23-24,27-28H2,1-3H3,(H,46,51)(H,47,50);7-16,19H,2-6,17-18H2,1H3,(H,29,32);4-6,11-12,14H,3,7-10H2,1-2H3,(H,19,20). The molecular formula is C90H104N8O19S2. The van der Waals surface area contributed by atoms with Crippen LogP contribution in [-0.4, -0.2) is 163 Å². The predicted octanol–water partition coefficient (Wildman–Crippen LogP) is 15.0. The molecule has 0 aromatic heterocycles. The molecule has 2 saturated carbocycles. The number of hydrogen-bond donors (Lipinski definition) is 4. The molecule has 2 saturated heterocycles. The highest BCUT2D eigenvalue weighted by molar-refractivity contribution is 7.89. The number of rotatable bonds is 28. The van der Waals surface area contributed by atoms with Crippen LogP contribution in [0.3, 0.4) is 0 Å². The van der Waals surface area contributed by atoms with E-state index in [0.717, 1.165) is 118 Å². The average Bonchev–Trinajstić information content (AvgIpc) is 0.800. The number of aromatic carboxylic acids is 1. The molecule has 0 bridgehead atoms. The molecule has 8 aromatic rings. The Morgan fingerprint density at radius 2 is 0.798 bits per heavy atom. The third-order valence-corrected chi connectivity index (χ3v) is 26.3. The molecule has 4 N–H and O–H groups in total. The lowest BCUT2D eigenvalue weighted by atomic mass is 9.86. The third-order valence-electron chi connectivity index (χ3n) is 22.2. The van der Waals surface area contributed by atoms with E-state index in [1.54, 1.807) is 86.6 Å². The van der Waals surface area contributed by atoms with Gasteiger partial charge in [-0.3, -0.25) is 34.1 Å². The second-order valence-corrected chi connectivity index (χ2v) is 33.5. The fourth-order valence-corrected chi connectivity index (χ4v) is 19.0. The number of carbonyl (C=O) groups excluding carboxylic acids is 7. The SMILES string of the molecule is CCN(C1CCC(C(=O)OC)CC1)S(=O)(=O)c1cccc(C(=O)Nc2ccc(N3CCCCC3)cc2C(=O)Nc2ccc(CCc3ccc(C(=O)OC)cc3)cc2)c1.CCN(C1CCC(C(=O)OC)CC1)S(=O)(=O)c1cccc(C(=O)O)c1.COC(=O)c1ccc(CCc2ccc(NC(=O)c3cc(N4CCCCC4)ccc3[N+](=O)[O-])cc2)cc1. The Morgan fingerprint density at radius 1 is 0.429 bits per heavy atom. The van der Waals surface area contributed by atoms with Crippen molar-refractivity contribution in [3.8, 4) is 0 Å². The van der Waals surface area contributed by atoms with Crippen molar-refractivity contribution in [3.63, 3.8) is 0 Å². The molecule has 12 rings (SSSR count). The molecule has 4 aliphatic rings. The van der Waals surface area contributed by atoms with Crippen molar-refractivity contribution < 1.29 is 84.2 Å². The summed E-state index contributed by atoms with van der Waals surface area (Å²) in [6.07, 6.45) is 14.1. The number of nitro benzene ring substituents is 1. The molecule has 630 valence electrons. The Kier molecular flexibility index (Phi) is 32.1. The van der Waals surface area contributed by atoms with Crippen molar-refractivity contribution in [2.24, 2.45) is 11.8 Å². The van der Waals surface area contributed by atoms with Gasteiger partial charge in [0.2, 0.25) is 20.0 Å². The lowest BCUT2D eigenvalue weighted by molar-refractivity contribution is -0.385. The molecule has 0 radical (unpaired) electrons. The molecule has 3 amide bonds. The molecule has 2 aliphatic heterocycles. The topological polar surface area (TPSA) is 354 Å². The number of nitrogens with one attached hydrogen (secondary N) is 3. The minimum Gasteiger partial charge on any atom is -0.478 e. The lowest BCUT2D eigenvalue weighted by Gasteiger charge is -2.34. The van der Waals surface area contributed by atoms with Crippen LogP contribution in [0.25, 0.3) is 0 Å². The molecule has 0 spiro atoms. The number of aryl methyl sites for hydroxylation is 4. The quantitative estimate of drug-likeness (QED) is 0.0153. The fourth-order valence-electron chi connectivity index (χ4n) is 15.6. The van der Waals surface area contributed by atoms with Crippen LogP contribution in [-0.2, 0) is 74.3 Å². The van der Waals surface area contributed by atoms with Crippen molar-refractivity contribution in [3.05, 3.63) is 248 Å². The summed E-state index contributed by atoms with van der Waals surface area (Å²) in [6.45, 7) is 7.57. The lowest BCUT2D eigenvalue weighted by Crippen LogP contribution is -2.43. The van der Waals surface area contributed by atoms with Crippen LogP contribution in [0.1, 0.15) is 188 Å². The van der Waals surface area contributed by atoms with E-state index < -0.39 is 48.7 Å². The van der Waals surface area contributed by atoms with E-state index in [0.29, 0.717) is 79.6 Å². The van der Waals surface area contributed by atoms with Gasteiger partial charge in [0.1, 0.15) is 5.56 Å². The van der Waals surface area contributed by atoms with Gasteiger partial charge in [0.25, 0.3) is 23.4 Å². The number of sulfonamides is 2. The van der Waals surface area contributed by atoms with Crippen LogP contribution in [0.4, 0.5) is 34.1 Å². The summed E-state index contributed by atoms with van der Waals surface area (Å²) < 4.78 is 75.8. The first-order chi connectivity index (χ1) is 57.2. The number of ether oxygens (including phenoxy) is 4. The van der Waals surface area contributed by atoms with Gasteiger partial charge in [-0.25, -0.2) is 31.2 Å². The van der Waals surface area contributed by atoms with Crippen molar-refractivity contribution >= 4 is 102 Å². The van der Waals surface area contributed by atoms with E-state index in [9.17, 15) is 65.3 Å². The molecule has 0 atom stereocenters. The first-order valence-electron chi connectivity index (χ1n) is 40.3. The van der Waals surface area contributed by atoms with Crippen LogP contribution >= 0.6 is 0 Å². The van der Waals surface area contributed by atoms with Crippen LogP contribution in [0.2, 0.25) is 0 Å².